The average molecular weight is 272 g/mol. The van der Waals surface area contributed by atoms with Gasteiger partial charge in [0.25, 0.3) is 0 Å². The molecule has 0 atom stereocenters. The number of piperazine rings is 1. The predicted molar refractivity (Wildman–Crippen MR) is 77.8 cm³/mol. The maximum absolute atomic E-state index is 4.50. The fourth-order valence-electron chi connectivity index (χ4n) is 2.42. The van der Waals surface area contributed by atoms with Crippen molar-refractivity contribution in [2.24, 2.45) is 0 Å². The van der Waals surface area contributed by atoms with Crippen LogP contribution in [0.3, 0.4) is 0 Å². The first kappa shape index (κ1) is 13.1. The van der Waals surface area contributed by atoms with E-state index in [4.69, 9.17) is 0 Å². The van der Waals surface area contributed by atoms with Crippen LogP contribution >= 0.6 is 0 Å². The Morgan fingerprint density at radius 1 is 1.15 bits per heavy atom. The number of aromatic nitrogens is 4. The van der Waals surface area contributed by atoms with E-state index in [-0.39, 0.29) is 0 Å². The summed E-state index contributed by atoms with van der Waals surface area (Å²) in [6.07, 6.45) is 3.48. The predicted octanol–water partition coefficient (Wildman–Crippen LogP) is 0.782. The van der Waals surface area contributed by atoms with Crippen LogP contribution in [-0.4, -0.2) is 57.9 Å². The maximum atomic E-state index is 4.50. The third kappa shape index (κ3) is 2.80. The molecule has 1 aliphatic heterocycles. The van der Waals surface area contributed by atoms with E-state index in [1.165, 1.54) is 5.56 Å². The van der Waals surface area contributed by atoms with Gasteiger partial charge < -0.3 is 9.80 Å². The van der Waals surface area contributed by atoms with Crippen LogP contribution in [0.5, 0.6) is 0 Å². The van der Waals surface area contributed by atoms with Crippen molar-refractivity contribution in [3.63, 3.8) is 0 Å². The van der Waals surface area contributed by atoms with E-state index in [0.717, 1.165) is 44.4 Å². The Morgan fingerprint density at radius 2 is 1.95 bits per heavy atom. The zero-order chi connectivity index (χ0) is 13.9. The topological polar surface area (TPSA) is 50.1 Å². The van der Waals surface area contributed by atoms with E-state index in [2.05, 4.69) is 38.0 Å². The van der Waals surface area contributed by atoms with Crippen LogP contribution in [-0.2, 0) is 6.54 Å². The third-order valence-electron chi connectivity index (χ3n) is 3.78. The summed E-state index contributed by atoms with van der Waals surface area (Å²) in [5, 5.41) is 4.23. The molecule has 6 nitrogen and oxygen atoms in total. The fourth-order valence-corrected chi connectivity index (χ4v) is 2.42. The van der Waals surface area contributed by atoms with E-state index in [0.29, 0.717) is 0 Å². The highest BCUT2D eigenvalue weighted by atomic mass is 15.3. The third-order valence-corrected chi connectivity index (χ3v) is 3.78. The molecule has 0 amide bonds. The van der Waals surface area contributed by atoms with Gasteiger partial charge in [-0.1, -0.05) is 0 Å². The van der Waals surface area contributed by atoms with Gasteiger partial charge in [-0.05, 0) is 31.7 Å². The number of anilines is 1. The number of likely N-dealkylation sites (N-methyl/N-ethyl adjacent to an activating group) is 1. The molecule has 0 spiro atoms. The molecule has 0 N–H and O–H groups in total. The first-order valence-electron chi connectivity index (χ1n) is 6.95. The summed E-state index contributed by atoms with van der Waals surface area (Å²) in [5.41, 5.74) is 1.21. The van der Waals surface area contributed by atoms with Crippen molar-refractivity contribution in [1.29, 1.82) is 0 Å². The zero-order valence-corrected chi connectivity index (χ0v) is 12.0. The number of rotatable bonds is 3. The van der Waals surface area contributed by atoms with Gasteiger partial charge in [-0.25, -0.2) is 14.6 Å². The molecule has 3 heterocycles. The molecule has 2 aromatic heterocycles. The van der Waals surface area contributed by atoms with Crippen LogP contribution in [0.4, 0.5) is 5.82 Å². The molecule has 2 aromatic rings. The van der Waals surface area contributed by atoms with Crippen molar-refractivity contribution in [3.8, 4) is 0 Å². The van der Waals surface area contributed by atoms with Gasteiger partial charge in [0, 0.05) is 32.4 Å². The second-order valence-electron chi connectivity index (χ2n) is 5.28. The molecule has 3 rings (SSSR count). The minimum atomic E-state index is 0.745. The minimum absolute atomic E-state index is 0.745. The number of pyridine rings is 1. The van der Waals surface area contributed by atoms with Gasteiger partial charge in [-0.15, -0.1) is 0 Å². The average Bonchev–Trinajstić information content (AvgIpc) is 2.85. The Morgan fingerprint density at radius 3 is 2.65 bits per heavy atom. The van der Waals surface area contributed by atoms with Crippen LogP contribution < -0.4 is 4.90 Å². The molecule has 0 aromatic carbocycles. The second kappa shape index (κ2) is 5.58. The monoisotopic (exact) mass is 272 g/mol. The van der Waals surface area contributed by atoms with Crippen LogP contribution in [0, 0.1) is 6.92 Å². The van der Waals surface area contributed by atoms with E-state index in [1.807, 2.05) is 23.9 Å². The fraction of sp³-hybridized carbons (Fsp3) is 0.500. The SMILES string of the molecule is Cc1ncnn1Cc1ccnc(N2CCN(C)CC2)c1. The molecular weight excluding hydrogens is 252 g/mol. The molecule has 6 heteroatoms. The van der Waals surface area contributed by atoms with Gasteiger partial charge in [0.2, 0.25) is 0 Å². The molecule has 0 unspecified atom stereocenters. The highest BCUT2D eigenvalue weighted by molar-refractivity contribution is 5.41. The summed E-state index contributed by atoms with van der Waals surface area (Å²) < 4.78 is 1.91. The van der Waals surface area contributed by atoms with Crippen molar-refractivity contribution < 1.29 is 0 Å². The Labute approximate surface area is 119 Å². The molecule has 0 bridgehead atoms. The van der Waals surface area contributed by atoms with Gasteiger partial charge >= 0.3 is 0 Å². The number of aryl methyl sites for hydroxylation is 1. The molecule has 20 heavy (non-hydrogen) atoms. The van der Waals surface area contributed by atoms with Gasteiger partial charge in [0.15, 0.2) is 0 Å². The van der Waals surface area contributed by atoms with Gasteiger partial charge in [-0.3, -0.25) is 0 Å². The lowest BCUT2D eigenvalue weighted by molar-refractivity contribution is 0.312. The minimum Gasteiger partial charge on any atom is -0.354 e. The van der Waals surface area contributed by atoms with Crippen molar-refractivity contribution in [1.82, 2.24) is 24.6 Å². The second-order valence-corrected chi connectivity index (χ2v) is 5.28. The standard InChI is InChI=1S/C14H20N6/c1-12-16-11-17-20(12)10-13-3-4-15-14(9-13)19-7-5-18(2)6-8-19/h3-4,9,11H,5-8,10H2,1-2H3. The van der Waals surface area contributed by atoms with Gasteiger partial charge in [0.05, 0.1) is 6.54 Å². The summed E-state index contributed by atoms with van der Waals surface area (Å²) in [6, 6.07) is 4.20. The van der Waals surface area contributed by atoms with Gasteiger partial charge in [-0.2, -0.15) is 5.10 Å². The molecule has 0 radical (unpaired) electrons. The first-order chi connectivity index (χ1) is 9.72. The highest BCUT2D eigenvalue weighted by Crippen LogP contribution is 2.15. The Hall–Kier alpha value is -1.95. The lowest BCUT2D eigenvalue weighted by Crippen LogP contribution is -2.44. The van der Waals surface area contributed by atoms with Crippen LogP contribution in [0.25, 0.3) is 0 Å². The highest BCUT2D eigenvalue weighted by Gasteiger charge is 2.15. The zero-order valence-electron chi connectivity index (χ0n) is 12.0. The molecule has 1 saturated heterocycles. The van der Waals surface area contributed by atoms with Crippen molar-refractivity contribution in [2.45, 2.75) is 13.5 Å². The van der Waals surface area contributed by atoms with E-state index >= 15 is 0 Å². The quantitative estimate of drug-likeness (QED) is 0.826. The maximum Gasteiger partial charge on any atom is 0.138 e. The smallest absolute Gasteiger partial charge is 0.138 e. The number of hydrogen-bond donors (Lipinski definition) is 0. The van der Waals surface area contributed by atoms with Crippen molar-refractivity contribution in [3.05, 3.63) is 36.0 Å². The van der Waals surface area contributed by atoms with Gasteiger partial charge in [0.1, 0.15) is 18.0 Å². The van der Waals surface area contributed by atoms with Crippen molar-refractivity contribution >= 4 is 5.82 Å². The molecule has 0 saturated carbocycles. The number of nitrogens with zero attached hydrogens (tertiary/aromatic N) is 6. The normalized spacial score (nSPS) is 16.6. The number of hydrogen-bond acceptors (Lipinski definition) is 5. The Balaban J connectivity index is 1.74. The van der Waals surface area contributed by atoms with Crippen molar-refractivity contribution in [2.75, 3.05) is 38.1 Å². The summed E-state index contributed by atoms with van der Waals surface area (Å²) in [6.45, 7) is 6.97. The van der Waals surface area contributed by atoms with Crippen LogP contribution in [0.15, 0.2) is 24.7 Å². The lowest BCUT2D eigenvalue weighted by Gasteiger charge is -2.33. The summed E-state index contributed by atoms with van der Waals surface area (Å²) >= 11 is 0. The summed E-state index contributed by atoms with van der Waals surface area (Å²) in [7, 11) is 2.16. The molecular formula is C14H20N6. The molecule has 106 valence electrons. The molecule has 1 fully saturated rings. The van der Waals surface area contributed by atoms with Crippen LogP contribution in [0.2, 0.25) is 0 Å². The molecule has 0 aliphatic carbocycles. The van der Waals surface area contributed by atoms with Crippen LogP contribution in [0.1, 0.15) is 11.4 Å². The van der Waals surface area contributed by atoms with E-state index in [1.54, 1.807) is 6.33 Å². The van der Waals surface area contributed by atoms with E-state index < -0.39 is 0 Å². The lowest BCUT2D eigenvalue weighted by atomic mass is 10.2. The summed E-state index contributed by atoms with van der Waals surface area (Å²) in [4.78, 5) is 13.3. The Kier molecular flexibility index (Phi) is 3.64. The largest absolute Gasteiger partial charge is 0.354 e. The first-order valence-corrected chi connectivity index (χ1v) is 6.95. The summed E-state index contributed by atoms with van der Waals surface area (Å²) in [5.74, 6) is 2.00. The Bertz CT molecular complexity index is 571. The molecule has 1 aliphatic rings. The van der Waals surface area contributed by atoms with E-state index in [9.17, 15) is 0 Å².